The Kier molecular flexibility index (Phi) is 7.07. The molecule has 2 fully saturated rings. The van der Waals surface area contributed by atoms with Gasteiger partial charge in [0.05, 0.1) is 18.0 Å². The van der Waals surface area contributed by atoms with Crippen molar-refractivity contribution in [1.82, 2.24) is 25.3 Å². The predicted octanol–water partition coefficient (Wildman–Crippen LogP) is 3.10. The smallest absolute Gasteiger partial charge is 0.130 e. The van der Waals surface area contributed by atoms with Gasteiger partial charge in [-0.05, 0) is 51.4 Å². The van der Waals surface area contributed by atoms with Crippen LogP contribution in [0.3, 0.4) is 0 Å². The lowest BCUT2D eigenvalue weighted by molar-refractivity contribution is 0.161. The van der Waals surface area contributed by atoms with Crippen LogP contribution in [-0.2, 0) is 4.74 Å². The van der Waals surface area contributed by atoms with Crippen molar-refractivity contribution in [2.24, 2.45) is 5.92 Å². The van der Waals surface area contributed by atoms with Gasteiger partial charge in [-0.2, -0.15) is 0 Å². The molecule has 0 aliphatic heterocycles. The lowest BCUT2D eigenvalue weighted by atomic mass is 9.90. The first-order valence-electron chi connectivity index (χ1n) is 11.1. The summed E-state index contributed by atoms with van der Waals surface area (Å²) in [4.78, 5) is 17.6. The van der Waals surface area contributed by atoms with Gasteiger partial charge < -0.3 is 20.7 Å². The van der Waals surface area contributed by atoms with Crippen LogP contribution in [-0.4, -0.2) is 58.3 Å². The molecular formula is C22H33N7O. The van der Waals surface area contributed by atoms with Crippen molar-refractivity contribution >= 4 is 11.6 Å². The minimum atomic E-state index is 0.394. The Morgan fingerprint density at radius 2 is 1.53 bits per heavy atom. The topological polar surface area (TPSA) is 96.9 Å². The van der Waals surface area contributed by atoms with E-state index in [1.807, 2.05) is 12.1 Å². The third-order valence-electron chi connectivity index (χ3n) is 5.88. The molecule has 0 unspecified atom stereocenters. The summed E-state index contributed by atoms with van der Waals surface area (Å²) < 4.78 is 5.22. The van der Waals surface area contributed by atoms with Gasteiger partial charge in [0.2, 0.25) is 0 Å². The average Bonchev–Trinajstić information content (AvgIpc) is 3.59. The first kappa shape index (κ1) is 20.9. The fraction of sp³-hybridized carbons (Fsp3) is 0.636. The van der Waals surface area contributed by atoms with E-state index in [0.717, 1.165) is 67.8 Å². The Labute approximate surface area is 178 Å². The molecule has 2 aromatic heterocycles. The highest BCUT2D eigenvalue weighted by molar-refractivity contribution is 5.61. The first-order valence-corrected chi connectivity index (χ1v) is 11.1. The molecule has 1 atom stereocenters. The molecule has 0 spiro atoms. The first-order chi connectivity index (χ1) is 14.7. The zero-order valence-electron chi connectivity index (χ0n) is 18.0. The number of methoxy groups -OCH3 is 1. The van der Waals surface area contributed by atoms with Crippen LogP contribution in [0.2, 0.25) is 0 Å². The van der Waals surface area contributed by atoms with E-state index in [-0.39, 0.29) is 0 Å². The Balaban J connectivity index is 1.31. The van der Waals surface area contributed by atoms with Gasteiger partial charge in [-0.25, -0.2) is 19.9 Å². The molecule has 0 radical (unpaired) electrons. The Morgan fingerprint density at radius 1 is 0.900 bits per heavy atom. The van der Waals surface area contributed by atoms with Crippen LogP contribution in [0, 0.1) is 5.92 Å². The molecule has 2 aromatic rings. The van der Waals surface area contributed by atoms with Crippen molar-refractivity contribution in [3.05, 3.63) is 24.8 Å². The van der Waals surface area contributed by atoms with Crippen molar-refractivity contribution in [3.8, 4) is 11.4 Å². The molecule has 162 valence electrons. The second kappa shape index (κ2) is 10.1. The number of nitrogens with zero attached hydrogens (tertiary/aromatic N) is 4. The molecule has 3 N–H and O–H groups in total. The highest BCUT2D eigenvalue weighted by Crippen LogP contribution is 2.29. The molecule has 30 heavy (non-hydrogen) atoms. The molecular weight excluding hydrogens is 378 g/mol. The van der Waals surface area contributed by atoms with E-state index in [4.69, 9.17) is 4.74 Å². The van der Waals surface area contributed by atoms with E-state index in [9.17, 15) is 0 Å². The maximum atomic E-state index is 5.22. The maximum Gasteiger partial charge on any atom is 0.130 e. The van der Waals surface area contributed by atoms with E-state index < -0.39 is 0 Å². The van der Waals surface area contributed by atoms with Crippen LogP contribution in [0.25, 0.3) is 11.4 Å². The summed E-state index contributed by atoms with van der Waals surface area (Å²) in [5.41, 5.74) is 1.63. The number of hydrogen-bond acceptors (Lipinski definition) is 8. The van der Waals surface area contributed by atoms with Gasteiger partial charge in [0.25, 0.3) is 0 Å². The average molecular weight is 412 g/mol. The molecule has 2 saturated carbocycles. The molecule has 8 heteroatoms. The second-order valence-corrected chi connectivity index (χ2v) is 8.62. The third-order valence-corrected chi connectivity index (χ3v) is 5.88. The van der Waals surface area contributed by atoms with Gasteiger partial charge in [0.1, 0.15) is 24.3 Å². The summed E-state index contributed by atoms with van der Waals surface area (Å²) in [7, 11) is 1.75. The van der Waals surface area contributed by atoms with Gasteiger partial charge in [0, 0.05) is 43.9 Å². The molecule has 2 aliphatic carbocycles. The number of rotatable bonds is 10. The molecule has 4 rings (SSSR count). The van der Waals surface area contributed by atoms with Crippen molar-refractivity contribution < 1.29 is 4.74 Å². The number of ether oxygens (including phenoxy) is 1. The van der Waals surface area contributed by atoms with E-state index in [2.05, 4.69) is 42.8 Å². The predicted molar refractivity (Wildman–Crippen MR) is 118 cm³/mol. The largest absolute Gasteiger partial charge is 0.383 e. The summed E-state index contributed by atoms with van der Waals surface area (Å²) in [6.07, 6.45) is 10.4. The number of anilines is 2. The second-order valence-electron chi connectivity index (χ2n) is 8.62. The molecule has 2 heterocycles. The van der Waals surface area contributed by atoms with Gasteiger partial charge in [-0.3, -0.25) is 0 Å². The summed E-state index contributed by atoms with van der Waals surface area (Å²) in [6, 6.07) is 5.34. The third kappa shape index (κ3) is 6.09. The number of aromatic nitrogens is 4. The maximum absolute atomic E-state index is 5.22. The Morgan fingerprint density at radius 3 is 2.20 bits per heavy atom. The summed E-state index contributed by atoms with van der Waals surface area (Å²) in [5.74, 6) is 2.51. The monoisotopic (exact) mass is 411 g/mol. The molecule has 2 aliphatic rings. The summed E-state index contributed by atoms with van der Waals surface area (Å²) in [6.45, 7) is 3.91. The van der Waals surface area contributed by atoms with E-state index >= 15 is 0 Å². The van der Waals surface area contributed by atoms with Crippen molar-refractivity contribution in [3.63, 3.8) is 0 Å². The SMILES string of the molecule is COC[C@@H](C)NC1CCC(Nc2cc(-c3cc(NCC4CC4)ncn3)ncn2)CC1. The van der Waals surface area contributed by atoms with Crippen LogP contribution in [0.5, 0.6) is 0 Å². The van der Waals surface area contributed by atoms with Gasteiger partial charge in [0.15, 0.2) is 0 Å². The minimum Gasteiger partial charge on any atom is -0.383 e. The summed E-state index contributed by atoms with van der Waals surface area (Å²) >= 11 is 0. The van der Waals surface area contributed by atoms with Crippen molar-refractivity contribution in [2.45, 2.75) is 63.6 Å². The van der Waals surface area contributed by atoms with Crippen LogP contribution in [0.4, 0.5) is 11.6 Å². The van der Waals surface area contributed by atoms with Crippen molar-refractivity contribution in [2.75, 3.05) is 30.9 Å². The minimum absolute atomic E-state index is 0.394. The van der Waals surface area contributed by atoms with Gasteiger partial charge >= 0.3 is 0 Å². The quantitative estimate of drug-likeness (QED) is 0.549. The molecule has 8 nitrogen and oxygen atoms in total. The lowest BCUT2D eigenvalue weighted by Crippen LogP contribution is -2.42. The van der Waals surface area contributed by atoms with E-state index in [1.165, 1.54) is 12.8 Å². The number of nitrogens with one attached hydrogen (secondary N) is 3. The molecule has 0 aromatic carbocycles. The Bertz CT molecular complexity index is 806. The molecule has 0 bridgehead atoms. The fourth-order valence-corrected chi connectivity index (χ4v) is 4.06. The van der Waals surface area contributed by atoms with Crippen LogP contribution in [0.1, 0.15) is 45.4 Å². The highest BCUT2D eigenvalue weighted by Gasteiger charge is 2.23. The zero-order valence-corrected chi connectivity index (χ0v) is 18.0. The molecule has 0 amide bonds. The zero-order chi connectivity index (χ0) is 20.8. The van der Waals surface area contributed by atoms with Crippen LogP contribution < -0.4 is 16.0 Å². The fourth-order valence-electron chi connectivity index (χ4n) is 4.06. The number of hydrogen-bond donors (Lipinski definition) is 3. The van der Waals surface area contributed by atoms with Crippen LogP contribution in [0.15, 0.2) is 24.8 Å². The van der Waals surface area contributed by atoms with E-state index in [0.29, 0.717) is 18.1 Å². The lowest BCUT2D eigenvalue weighted by Gasteiger charge is -2.31. The summed E-state index contributed by atoms with van der Waals surface area (Å²) in [5, 5.41) is 10.7. The Hall–Kier alpha value is -2.32. The van der Waals surface area contributed by atoms with Crippen LogP contribution >= 0.6 is 0 Å². The standard InChI is InChI=1S/C22H33N7O/c1-15(12-30-2)28-17-5-7-18(8-6-17)29-22-10-20(25-14-27-22)19-9-21(26-13-24-19)23-11-16-3-4-16/h9-10,13-18,28H,3-8,11-12H2,1-2H3,(H,23,24,26)(H,25,27,29)/t15-,17?,18?/m1/s1. The van der Waals surface area contributed by atoms with Gasteiger partial charge in [-0.1, -0.05) is 0 Å². The van der Waals surface area contributed by atoms with Gasteiger partial charge in [-0.15, -0.1) is 0 Å². The van der Waals surface area contributed by atoms with Crippen molar-refractivity contribution in [1.29, 1.82) is 0 Å². The highest BCUT2D eigenvalue weighted by atomic mass is 16.5. The molecule has 0 saturated heterocycles. The normalized spacial score (nSPS) is 22.5. The van der Waals surface area contributed by atoms with E-state index in [1.54, 1.807) is 19.8 Å².